The van der Waals surface area contributed by atoms with Crippen LogP contribution in [0, 0.1) is 0 Å². The van der Waals surface area contributed by atoms with Gasteiger partial charge < -0.3 is 14.2 Å². The van der Waals surface area contributed by atoms with Gasteiger partial charge in [-0.05, 0) is 48.5 Å². The average molecular weight is 423 g/mol. The zero-order valence-electron chi connectivity index (χ0n) is 14.8. The van der Waals surface area contributed by atoms with E-state index in [0.717, 1.165) is 10.9 Å². The first kappa shape index (κ1) is 17.8. The number of aromatic nitrogens is 1. The third-order valence-corrected chi connectivity index (χ3v) is 4.95. The monoisotopic (exact) mass is 422 g/mol. The molecule has 2 heterocycles. The highest BCUT2D eigenvalue weighted by molar-refractivity contribution is 6.38. The molecule has 29 heavy (non-hydrogen) atoms. The minimum atomic E-state index is -0.322. The van der Waals surface area contributed by atoms with E-state index in [4.69, 9.17) is 32.0 Å². The van der Waals surface area contributed by atoms with E-state index in [2.05, 4.69) is 10.3 Å². The van der Waals surface area contributed by atoms with Gasteiger partial charge in [0.15, 0.2) is 11.3 Å². The lowest BCUT2D eigenvalue weighted by Gasteiger charge is -2.03. The Bertz CT molecular complexity index is 1340. The average Bonchev–Trinajstić information content (AvgIpc) is 3.33. The zero-order valence-corrected chi connectivity index (χ0v) is 16.3. The minimum Gasteiger partial charge on any atom is -0.451 e. The van der Waals surface area contributed by atoms with Crippen LogP contribution in [-0.4, -0.2) is 10.9 Å². The molecule has 0 bridgehead atoms. The number of carbonyl (C=O) groups excluding carboxylic acids is 1. The van der Waals surface area contributed by atoms with Crippen LogP contribution < -0.4 is 5.32 Å². The quantitative estimate of drug-likeness (QED) is 0.347. The lowest BCUT2D eigenvalue weighted by Crippen LogP contribution is -2.10. The number of benzene rings is 3. The molecule has 142 valence electrons. The maximum absolute atomic E-state index is 12.5. The summed E-state index contributed by atoms with van der Waals surface area (Å²) in [6.07, 6.45) is 0. The minimum absolute atomic E-state index is 0.251. The molecule has 0 fully saturated rings. The van der Waals surface area contributed by atoms with Crippen molar-refractivity contribution in [2.24, 2.45) is 0 Å². The number of halogens is 2. The molecule has 0 aliphatic carbocycles. The van der Waals surface area contributed by atoms with Crippen LogP contribution in [0.4, 0.5) is 5.69 Å². The summed E-state index contributed by atoms with van der Waals surface area (Å²) in [6, 6.07) is 19.6. The van der Waals surface area contributed by atoms with Crippen LogP contribution in [0.5, 0.6) is 0 Å². The number of nitrogens with zero attached hydrogens (tertiary/aromatic N) is 1. The number of oxazole rings is 1. The molecule has 0 radical (unpaired) electrons. The van der Waals surface area contributed by atoms with Gasteiger partial charge in [0.25, 0.3) is 5.91 Å². The summed E-state index contributed by atoms with van der Waals surface area (Å²) >= 11 is 12.2. The summed E-state index contributed by atoms with van der Waals surface area (Å²) in [5.41, 5.74) is 3.10. The highest BCUT2D eigenvalue weighted by Crippen LogP contribution is 2.32. The Hall–Kier alpha value is -3.28. The van der Waals surface area contributed by atoms with Gasteiger partial charge in [-0.25, -0.2) is 4.98 Å². The van der Waals surface area contributed by atoms with Gasteiger partial charge in [0, 0.05) is 21.7 Å². The second kappa shape index (κ2) is 6.95. The number of hydrogen-bond acceptors (Lipinski definition) is 4. The first-order valence-electron chi connectivity index (χ1n) is 8.73. The molecule has 0 aliphatic heterocycles. The first-order valence-corrected chi connectivity index (χ1v) is 9.48. The third-order valence-electron chi connectivity index (χ3n) is 4.45. The molecule has 1 N–H and O–H groups in total. The Morgan fingerprint density at radius 1 is 0.931 bits per heavy atom. The van der Waals surface area contributed by atoms with Crippen molar-refractivity contribution in [1.29, 1.82) is 0 Å². The number of hydrogen-bond donors (Lipinski definition) is 1. The SMILES string of the molecule is O=C(Nc1ccc(-c2nc3cc(Cl)cc(Cl)c3o2)cc1)c1cc2ccccc2o1. The van der Waals surface area contributed by atoms with E-state index in [1.807, 2.05) is 24.3 Å². The molecule has 0 saturated carbocycles. The van der Waals surface area contributed by atoms with Crippen molar-refractivity contribution < 1.29 is 13.6 Å². The predicted molar refractivity (Wildman–Crippen MR) is 114 cm³/mol. The predicted octanol–water partition coefficient (Wildman–Crippen LogP) is 6.80. The molecule has 0 unspecified atom stereocenters. The summed E-state index contributed by atoms with van der Waals surface area (Å²) < 4.78 is 11.3. The second-order valence-electron chi connectivity index (χ2n) is 6.43. The van der Waals surface area contributed by atoms with Crippen molar-refractivity contribution in [3.8, 4) is 11.5 Å². The summed E-state index contributed by atoms with van der Waals surface area (Å²) in [5, 5.41) is 4.59. The van der Waals surface area contributed by atoms with E-state index in [1.54, 1.807) is 42.5 Å². The summed E-state index contributed by atoms with van der Waals surface area (Å²) in [6.45, 7) is 0. The molecule has 5 rings (SSSR count). The number of rotatable bonds is 3. The van der Waals surface area contributed by atoms with Gasteiger partial charge in [-0.2, -0.15) is 0 Å². The molecule has 5 nitrogen and oxygen atoms in total. The molecule has 0 saturated heterocycles. The van der Waals surface area contributed by atoms with E-state index in [9.17, 15) is 4.79 Å². The van der Waals surface area contributed by atoms with Crippen LogP contribution in [0.25, 0.3) is 33.5 Å². The Morgan fingerprint density at radius 2 is 1.72 bits per heavy atom. The number of carbonyl (C=O) groups is 1. The lowest BCUT2D eigenvalue weighted by atomic mass is 10.2. The maximum atomic E-state index is 12.5. The van der Waals surface area contributed by atoms with E-state index in [-0.39, 0.29) is 11.7 Å². The number of nitrogens with one attached hydrogen (secondary N) is 1. The first-order chi connectivity index (χ1) is 14.1. The fourth-order valence-corrected chi connectivity index (χ4v) is 3.59. The summed E-state index contributed by atoms with van der Waals surface area (Å²) in [7, 11) is 0. The Morgan fingerprint density at radius 3 is 2.52 bits per heavy atom. The molecule has 0 atom stereocenters. The van der Waals surface area contributed by atoms with Gasteiger partial charge >= 0.3 is 0 Å². The van der Waals surface area contributed by atoms with Gasteiger partial charge in [-0.15, -0.1) is 0 Å². The third kappa shape index (κ3) is 3.35. The normalized spacial score (nSPS) is 11.2. The standard InChI is InChI=1S/C22H12Cl2N2O3/c23-14-10-16(24)20-17(11-14)26-22(29-20)12-5-7-15(8-6-12)25-21(27)19-9-13-3-1-2-4-18(13)28-19/h1-11H,(H,25,27). The number of anilines is 1. The van der Waals surface area contributed by atoms with E-state index >= 15 is 0 Å². The molecule has 7 heteroatoms. The van der Waals surface area contributed by atoms with Crippen molar-refractivity contribution in [2.45, 2.75) is 0 Å². The van der Waals surface area contributed by atoms with E-state index in [0.29, 0.717) is 38.3 Å². The molecule has 0 aliphatic rings. The molecular formula is C22H12Cl2N2O3. The molecule has 2 aromatic heterocycles. The van der Waals surface area contributed by atoms with Gasteiger partial charge in [0.05, 0.1) is 5.02 Å². The molecule has 0 spiro atoms. The smallest absolute Gasteiger partial charge is 0.291 e. The van der Waals surface area contributed by atoms with Crippen LogP contribution in [0.3, 0.4) is 0 Å². The highest BCUT2D eigenvalue weighted by Gasteiger charge is 2.14. The fourth-order valence-electron chi connectivity index (χ4n) is 3.07. The lowest BCUT2D eigenvalue weighted by molar-refractivity contribution is 0.0998. The van der Waals surface area contributed by atoms with E-state index in [1.165, 1.54) is 0 Å². The molecule has 5 aromatic rings. The number of furan rings is 1. The fraction of sp³-hybridized carbons (Fsp3) is 0. The highest BCUT2D eigenvalue weighted by atomic mass is 35.5. The summed E-state index contributed by atoms with van der Waals surface area (Å²) in [5.74, 6) is 0.345. The van der Waals surface area contributed by atoms with Gasteiger partial charge in [0.2, 0.25) is 5.89 Å². The molecule has 3 aromatic carbocycles. The Balaban J connectivity index is 1.38. The molecular weight excluding hydrogens is 411 g/mol. The van der Waals surface area contributed by atoms with E-state index < -0.39 is 0 Å². The number of para-hydroxylation sites is 1. The van der Waals surface area contributed by atoms with Gasteiger partial charge in [-0.1, -0.05) is 41.4 Å². The van der Waals surface area contributed by atoms with Crippen LogP contribution >= 0.6 is 23.2 Å². The van der Waals surface area contributed by atoms with Crippen LogP contribution in [0.2, 0.25) is 10.0 Å². The Labute approximate surface area is 174 Å². The Kier molecular flexibility index (Phi) is 4.27. The number of amides is 1. The van der Waals surface area contributed by atoms with Crippen LogP contribution in [0.15, 0.2) is 75.6 Å². The summed E-state index contributed by atoms with van der Waals surface area (Å²) in [4.78, 5) is 16.9. The maximum Gasteiger partial charge on any atom is 0.291 e. The van der Waals surface area contributed by atoms with Gasteiger partial charge in [-0.3, -0.25) is 4.79 Å². The van der Waals surface area contributed by atoms with Crippen molar-refractivity contribution in [3.05, 3.63) is 82.5 Å². The zero-order chi connectivity index (χ0) is 20.0. The number of fused-ring (bicyclic) bond motifs is 2. The molecule has 1 amide bonds. The largest absolute Gasteiger partial charge is 0.451 e. The van der Waals surface area contributed by atoms with Crippen molar-refractivity contribution >= 4 is 56.9 Å². The van der Waals surface area contributed by atoms with Crippen molar-refractivity contribution in [3.63, 3.8) is 0 Å². The second-order valence-corrected chi connectivity index (χ2v) is 7.28. The van der Waals surface area contributed by atoms with Crippen LogP contribution in [-0.2, 0) is 0 Å². The van der Waals surface area contributed by atoms with Crippen molar-refractivity contribution in [2.75, 3.05) is 5.32 Å². The topological polar surface area (TPSA) is 68.3 Å². The van der Waals surface area contributed by atoms with Crippen LogP contribution in [0.1, 0.15) is 10.6 Å². The van der Waals surface area contributed by atoms with Crippen molar-refractivity contribution in [1.82, 2.24) is 4.98 Å². The van der Waals surface area contributed by atoms with Gasteiger partial charge in [0.1, 0.15) is 11.1 Å².